The molecule has 0 aliphatic carbocycles. The van der Waals surface area contributed by atoms with Crippen molar-refractivity contribution < 1.29 is 14.5 Å². The molecular formula is C19H16N2O4. The molecule has 0 fully saturated rings. The van der Waals surface area contributed by atoms with Crippen LogP contribution in [0.3, 0.4) is 0 Å². The number of carbonyl (C=O) groups is 1. The lowest BCUT2D eigenvalue weighted by Crippen LogP contribution is -2.15. The molecule has 126 valence electrons. The normalized spacial score (nSPS) is 10.4. The second kappa shape index (κ2) is 7.00. The molecule has 3 aromatic carbocycles. The number of anilines is 1. The zero-order valence-corrected chi connectivity index (χ0v) is 13.6. The lowest BCUT2D eigenvalue weighted by atomic mass is 10.0. The number of amides is 1. The minimum absolute atomic E-state index is 0.0932. The molecular weight excluding hydrogens is 320 g/mol. The zero-order chi connectivity index (χ0) is 17.8. The molecule has 0 spiro atoms. The van der Waals surface area contributed by atoms with Gasteiger partial charge < -0.3 is 10.1 Å². The van der Waals surface area contributed by atoms with Gasteiger partial charge in [0.05, 0.1) is 30.2 Å². The second-order valence-corrected chi connectivity index (χ2v) is 5.55. The minimum Gasteiger partial charge on any atom is -0.494 e. The van der Waals surface area contributed by atoms with Crippen LogP contribution >= 0.6 is 0 Å². The number of ether oxygens (including phenoxy) is 1. The summed E-state index contributed by atoms with van der Waals surface area (Å²) in [6, 6.07) is 17.9. The Morgan fingerprint density at radius 1 is 1.08 bits per heavy atom. The van der Waals surface area contributed by atoms with E-state index in [0.29, 0.717) is 5.69 Å². The van der Waals surface area contributed by atoms with Crippen molar-refractivity contribution in [1.82, 2.24) is 0 Å². The summed E-state index contributed by atoms with van der Waals surface area (Å²) >= 11 is 0. The van der Waals surface area contributed by atoms with Crippen molar-refractivity contribution >= 4 is 28.1 Å². The highest BCUT2D eigenvalue weighted by Crippen LogP contribution is 2.29. The van der Waals surface area contributed by atoms with Crippen LogP contribution in [0.5, 0.6) is 5.75 Å². The van der Waals surface area contributed by atoms with E-state index < -0.39 is 4.92 Å². The first-order valence-corrected chi connectivity index (χ1v) is 7.67. The highest BCUT2D eigenvalue weighted by atomic mass is 16.6. The minimum atomic E-state index is -0.511. The number of nitrogens with one attached hydrogen (secondary N) is 1. The predicted octanol–water partition coefficient (Wildman–Crippen LogP) is 3.94. The number of carbonyl (C=O) groups excluding carboxylic acids is 1. The van der Waals surface area contributed by atoms with E-state index in [1.165, 1.54) is 25.3 Å². The number of nitro groups is 1. The van der Waals surface area contributed by atoms with Gasteiger partial charge in [-0.3, -0.25) is 14.9 Å². The fraction of sp³-hybridized carbons (Fsp3) is 0.105. The van der Waals surface area contributed by atoms with E-state index in [1.807, 2.05) is 42.5 Å². The summed E-state index contributed by atoms with van der Waals surface area (Å²) in [5.74, 6) is 0.0310. The molecule has 3 aromatic rings. The molecule has 6 heteroatoms. The lowest BCUT2D eigenvalue weighted by Gasteiger charge is -2.10. The SMILES string of the molecule is COc1cc([N+](=O)[O-])ccc1NC(=O)Cc1ccc2ccccc2c1. The van der Waals surface area contributed by atoms with Crippen molar-refractivity contribution in [3.63, 3.8) is 0 Å². The fourth-order valence-corrected chi connectivity index (χ4v) is 2.63. The molecule has 3 rings (SSSR count). The summed E-state index contributed by atoms with van der Waals surface area (Å²) in [5, 5.41) is 15.7. The smallest absolute Gasteiger partial charge is 0.273 e. The average Bonchev–Trinajstić information content (AvgIpc) is 2.61. The summed E-state index contributed by atoms with van der Waals surface area (Å²) in [6.07, 6.45) is 0.199. The third-order valence-electron chi connectivity index (χ3n) is 3.85. The molecule has 0 aromatic heterocycles. The van der Waals surface area contributed by atoms with Crippen LogP contribution in [0.25, 0.3) is 10.8 Å². The van der Waals surface area contributed by atoms with Crippen LogP contribution in [0, 0.1) is 10.1 Å². The molecule has 0 unspecified atom stereocenters. The Balaban J connectivity index is 1.76. The van der Waals surface area contributed by atoms with Gasteiger partial charge in [-0.15, -0.1) is 0 Å². The summed E-state index contributed by atoms with van der Waals surface area (Å²) < 4.78 is 5.13. The van der Waals surface area contributed by atoms with Crippen LogP contribution in [0.4, 0.5) is 11.4 Å². The van der Waals surface area contributed by atoms with Crippen LogP contribution < -0.4 is 10.1 Å². The van der Waals surface area contributed by atoms with Crippen LogP contribution in [-0.2, 0) is 11.2 Å². The first-order valence-electron chi connectivity index (χ1n) is 7.67. The van der Waals surface area contributed by atoms with Crippen molar-refractivity contribution in [2.75, 3.05) is 12.4 Å². The molecule has 0 atom stereocenters. The molecule has 1 amide bonds. The van der Waals surface area contributed by atoms with Crippen molar-refractivity contribution in [3.05, 3.63) is 76.3 Å². The maximum absolute atomic E-state index is 12.3. The topological polar surface area (TPSA) is 81.5 Å². The van der Waals surface area contributed by atoms with Crippen molar-refractivity contribution in [2.45, 2.75) is 6.42 Å². The Kier molecular flexibility index (Phi) is 4.61. The molecule has 0 heterocycles. The lowest BCUT2D eigenvalue weighted by molar-refractivity contribution is -0.384. The number of nitrogens with zero attached hydrogens (tertiary/aromatic N) is 1. The van der Waals surface area contributed by atoms with Gasteiger partial charge in [0, 0.05) is 6.07 Å². The third kappa shape index (κ3) is 3.74. The largest absolute Gasteiger partial charge is 0.494 e. The molecule has 1 N–H and O–H groups in total. The predicted molar refractivity (Wildman–Crippen MR) is 95.9 cm³/mol. The van der Waals surface area contributed by atoms with Gasteiger partial charge in [-0.2, -0.15) is 0 Å². The van der Waals surface area contributed by atoms with E-state index in [-0.39, 0.29) is 23.8 Å². The molecule has 0 saturated heterocycles. The standard InChI is InChI=1S/C19H16N2O4/c1-25-18-12-16(21(23)24)8-9-17(18)20-19(22)11-13-6-7-14-4-2-3-5-15(14)10-13/h2-10,12H,11H2,1H3,(H,20,22). The van der Waals surface area contributed by atoms with E-state index >= 15 is 0 Å². The van der Waals surface area contributed by atoms with Gasteiger partial charge in [0.25, 0.3) is 5.69 Å². The van der Waals surface area contributed by atoms with Crippen LogP contribution in [0.2, 0.25) is 0 Å². The van der Waals surface area contributed by atoms with Crippen LogP contribution in [0.1, 0.15) is 5.56 Å². The molecule has 0 saturated carbocycles. The molecule has 6 nitrogen and oxygen atoms in total. The third-order valence-corrected chi connectivity index (χ3v) is 3.85. The number of benzene rings is 3. The van der Waals surface area contributed by atoms with Crippen LogP contribution in [-0.4, -0.2) is 17.9 Å². The molecule has 0 aliphatic heterocycles. The van der Waals surface area contributed by atoms with Gasteiger partial charge in [0.1, 0.15) is 5.75 Å². The number of fused-ring (bicyclic) bond motifs is 1. The number of methoxy groups -OCH3 is 1. The monoisotopic (exact) mass is 336 g/mol. The van der Waals surface area contributed by atoms with Gasteiger partial charge in [0.15, 0.2) is 0 Å². The second-order valence-electron chi connectivity index (χ2n) is 5.55. The van der Waals surface area contributed by atoms with Gasteiger partial charge >= 0.3 is 0 Å². The molecule has 0 bridgehead atoms. The van der Waals surface area contributed by atoms with Gasteiger partial charge in [-0.05, 0) is 22.4 Å². The Bertz CT molecular complexity index is 953. The van der Waals surface area contributed by atoms with Gasteiger partial charge in [-0.1, -0.05) is 42.5 Å². The summed E-state index contributed by atoms with van der Waals surface area (Å²) in [7, 11) is 1.40. The summed E-state index contributed by atoms with van der Waals surface area (Å²) in [4.78, 5) is 22.6. The van der Waals surface area contributed by atoms with E-state index in [0.717, 1.165) is 16.3 Å². The quantitative estimate of drug-likeness (QED) is 0.565. The van der Waals surface area contributed by atoms with E-state index in [2.05, 4.69) is 5.32 Å². The summed E-state index contributed by atoms with van der Waals surface area (Å²) in [5.41, 5.74) is 1.19. The van der Waals surface area contributed by atoms with E-state index in [1.54, 1.807) is 0 Å². The average molecular weight is 336 g/mol. The van der Waals surface area contributed by atoms with Gasteiger partial charge in [-0.25, -0.2) is 0 Å². The Morgan fingerprint density at radius 2 is 1.84 bits per heavy atom. The number of hydrogen-bond donors (Lipinski definition) is 1. The maximum atomic E-state index is 12.3. The summed E-state index contributed by atoms with van der Waals surface area (Å²) in [6.45, 7) is 0. The van der Waals surface area contributed by atoms with E-state index in [9.17, 15) is 14.9 Å². The Morgan fingerprint density at radius 3 is 2.56 bits per heavy atom. The molecule has 25 heavy (non-hydrogen) atoms. The number of nitro benzene ring substituents is 1. The Hall–Kier alpha value is -3.41. The maximum Gasteiger partial charge on any atom is 0.273 e. The molecule has 0 aliphatic rings. The van der Waals surface area contributed by atoms with Gasteiger partial charge in [0.2, 0.25) is 5.91 Å². The highest BCUT2D eigenvalue weighted by molar-refractivity contribution is 5.94. The van der Waals surface area contributed by atoms with Crippen molar-refractivity contribution in [1.29, 1.82) is 0 Å². The number of hydrogen-bond acceptors (Lipinski definition) is 4. The number of non-ortho nitro benzene ring substituents is 1. The Labute approximate surface area is 144 Å². The first-order chi connectivity index (χ1) is 12.1. The van der Waals surface area contributed by atoms with Crippen LogP contribution in [0.15, 0.2) is 60.7 Å². The van der Waals surface area contributed by atoms with E-state index in [4.69, 9.17) is 4.74 Å². The number of rotatable bonds is 5. The first kappa shape index (κ1) is 16.4. The highest BCUT2D eigenvalue weighted by Gasteiger charge is 2.13. The van der Waals surface area contributed by atoms with Crippen molar-refractivity contribution in [3.8, 4) is 5.75 Å². The molecule has 0 radical (unpaired) electrons. The van der Waals surface area contributed by atoms with Crippen molar-refractivity contribution in [2.24, 2.45) is 0 Å². The zero-order valence-electron chi connectivity index (χ0n) is 13.6. The fourth-order valence-electron chi connectivity index (χ4n) is 2.63.